The maximum atomic E-state index is 14.0. The number of nitrogens with zero attached hydrogens (tertiary/aromatic N) is 2. The van der Waals surface area contributed by atoms with E-state index in [1.165, 1.54) is 9.80 Å². The number of carbonyl (C=O) groups is 4. The average Bonchev–Trinajstić information content (AvgIpc) is 3.03. The molecule has 1 N–H and O–H groups in total. The predicted octanol–water partition coefficient (Wildman–Crippen LogP) is 6.34. The van der Waals surface area contributed by atoms with E-state index in [1.54, 1.807) is 6.08 Å². The molecule has 1 unspecified atom stereocenters. The van der Waals surface area contributed by atoms with Crippen LogP contribution in [0.15, 0.2) is 24.0 Å². The summed E-state index contributed by atoms with van der Waals surface area (Å²) < 4.78 is 0. The Morgan fingerprint density at radius 3 is 1.25 bits per heavy atom. The van der Waals surface area contributed by atoms with Gasteiger partial charge in [0.25, 0.3) is 0 Å². The first-order valence-electron chi connectivity index (χ1n) is 16.4. The topological polar surface area (TPSA) is 86.8 Å². The fourth-order valence-corrected chi connectivity index (χ4v) is 7.67. The molecule has 0 saturated heterocycles. The van der Waals surface area contributed by atoms with Crippen LogP contribution in [-0.4, -0.2) is 39.6 Å². The summed E-state index contributed by atoms with van der Waals surface area (Å²) in [7, 11) is 0. The van der Waals surface area contributed by atoms with Crippen molar-refractivity contribution >= 4 is 23.6 Å². The molecule has 40 heavy (non-hydrogen) atoms. The van der Waals surface area contributed by atoms with E-state index in [-0.39, 0.29) is 47.3 Å². The summed E-state index contributed by atoms with van der Waals surface area (Å²) in [5.41, 5.74) is 0. The van der Waals surface area contributed by atoms with Gasteiger partial charge in [0.1, 0.15) is 12.0 Å². The van der Waals surface area contributed by atoms with Gasteiger partial charge in [-0.05, 0) is 63.5 Å². The molecule has 4 amide bonds. The molecule has 1 heterocycles. The second-order valence-electron chi connectivity index (χ2n) is 12.9. The van der Waals surface area contributed by atoms with Crippen molar-refractivity contribution < 1.29 is 19.2 Å². The Kier molecular flexibility index (Phi) is 10.1. The first kappa shape index (κ1) is 29.1. The summed E-state index contributed by atoms with van der Waals surface area (Å²) in [6.07, 6.45) is 23.9. The fourth-order valence-electron chi connectivity index (χ4n) is 7.67. The summed E-state index contributed by atoms with van der Waals surface area (Å²) in [6, 6.07) is 0. The molecular formula is C33H49N3O4. The monoisotopic (exact) mass is 551 g/mol. The van der Waals surface area contributed by atoms with Crippen LogP contribution in [-0.2, 0) is 19.2 Å². The maximum Gasteiger partial charge on any atom is 0.238 e. The van der Waals surface area contributed by atoms with Gasteiger partial charge in [-0.3, -0.25) is 24.1 Å². The number of imide groups is 2. The highest BCUT2D eigenvalue weighted by atomic mass is 16.2. The van der Waals surface area contributed by atoms with E-state index in [1.807, 2.05) is 12.2 Å². The number of hydrogen-bond donors (Lipinski definition) is 1. The summed E-state index contributed by atoms with van der Waals surface area (Å²) in [5, 5.41) is 3.38. The van der Waals surface area contributed by atoms with E-state index in [9.17, 15) is 19.2 Å². The van der Waals surface area contributed by atoms with Crippen molar-refractivity contribution in [1.29, 1.82) is 0 Å². The van der Waals surface area contributed by atoms with Gasteiger partial charge in [0.05, 0.1) is 0 Å². The Morgan fingerprint density at radius 2 is 0.875 bits per heavy atom. The van der Waals surface area contributed by atoms with Gasteiger partial charge in [-0.1, -0.05) is 83.1 Å². The molecule has 5 rings (SSSR count). The van der Waals surface area contributed by atoms with Gasteiger partial charge in [0.15, 0.2) is 0 Å². The number of allylic oxidation sites excluding steroid dienone is 2. The van der Waals surface area contributed by atoms with Crippen LogP contribution in [0.2, 0.25) is 0 Å². The van der Waals surface area contributed by atoms with Crippen LogP contribution < -0.4 is 5.32 Å². The van der Waals surface area contributed by atoms with Gasteiger partial charge < -0.3 is 5.32 Å². The van der Waals surface area contributed by atoms with E-state index in [2.05, 4.69) is 5.32 Å². The third-order valence-electron chi connectivity index (χ3n) is 10.1. The molecule has 0 aromatic carbocycles. The minimum Gasteiger partial charge on any atom is -0.347 e. The van der Waals surface area contributed by atoms with Crippen molar-refractivity contribution in [3.8, 4) is 0 Å². The zero-order valence-electron chi connectivity index (χ0n) is 24.3. The Bertz CT molecular complexity index is 920. The molecule has 0 aromatic rings. The number of rotatable bonds is 6. The van der Waals surface area contributed by atoms with Crippen molar-refractivity contribution in [2.45, 2.75) is 135 Å². The lowest BCUT2D eigenvalue weighted by atomic mass is 9.85. The molecule has 5 aliphatic rings. The van der Waals surface area contributed by atoms with E-state index in [4.69, 9.17) is 0 Å². The lowest BCUT2D eigenvalue weighted by Crippen LogP contribution is -2.58. The molecule has 0 aromatic heterocycles. The van der Waals surface area contributed by atoms with Crippen molar-refractivity contribution in [2.24, 2.45) is 23.7 Å². The van der Waals surface area contributed by atoms with E-state index in [0.717, 1.165) is 128 Å². The maximum absolute atomic E-state index is 14.0. The Balaban J connectivity index is 1.41. The standard InChI is InChI=1S/C33H49N3O4/c37-30(24-14-5-1-6-15-24)35(31(38)25-16-7-2-8-17-25)28-22-13-23-29(34-28)36(32(39)26-18-9-3-10-19-26)33(40)27-20-11-4-12-21-27/h13,22-28,34H,1-12,14-21H2. The molecular weight excluding hydrogens is 502 g/mol. The first-order chi connectivity index (χ1) is 19.5. The van der Waals surface area contributed by atoms with Crippen molar-refractivity contribution in [1.82, 2.24) is 15.1 Å². The lowest BCUT2D eigenvalue weighted by Gasteiger charge is -2.40. The number of hydrogen-bond acceptors (Lipinski definition) is 5. The molecule has 7 nitrogen and oxygen atoms in total. The minimum atomic E-state index is -0.690. The highest BCUT2D eigenvalue weighted by Gasteiger charge is 2.41. The quantitative estimate of drug-likeness (QED) is 0.389. The zero-order chi connectivity index (χ0) is 27.9. The largest absolute Gasteiger partial charge is 0.347 e. The number of dihydropyridines is 1. The average molecular weight is 552 g/mol. The van der Waals surface area contributed by atoms with Gasteiger partial charge in [0, 0.05) is 23.7 Å². The summed E-state index contributed by atoms with van der Waals surface area (Å²) in [4.78, 5) is 58.8. The molecule has 7 heteroatoms. The van der Waals surface area contributed by atoms with Gasteiger partial charge >= 0.3 is 0 Å². The summed E-state index contributed by atoms with van der Waals surface area (Å²) >= 11 is 0. The third kappa shape index (κ3) is 6.71. The Morgan fingerprint density at radius 1 is 0.525 bits per heavy atom. The number of nitrogens with one attached hydrogen (secondary N) is 1. The van der Waals surface area contributed by atoms with Gasteiger partial charge in [-0.2, -0.15) is 0 Å². The van der Waals surface area contributed by atoms with E-state index in [0.29, 0.717) is 5.82 Å². The van der Waals surface area contributed by atoms with Crippen LogP contribution in [0.5, 0.6) is 0 Å². The van der Waals surface area contributed by atoms with E-state index >= 15 is 0 Å². The van der Waals surface area contributed by atoms with Crippen molar-refractivity contribution in [2.75, 3.05) is 0 Å². The molecule has 4 fully saturated rings. The highest BCUT2D eigenvalue weighted by molar-refractivity contribution is 6.00. The lowest BCUT2D eigenvalue weighted by molar-refractivity contribution is -0.153. The number of amides is 4. The van der Waals surface area contributed by atoms with Crippen molar-refractivity contribution in [3.05, 3.63) is 24.0 Å². The molecule has 0 radical (unpaired) electrons. The SMILES string of the molecule is O=C(C1CCCCC1)N(C(=O)C1CCCCC1)C1=CC=CC(N(C(=O)C2CCCCC2)C(=O)C2CCCCC2)N1. The second kappa shape index (κ2) is 14.0. The number of carbonyl (C=O) groups excluding carboxylic acids is 4. The first-order valence-corrected chi connectivity index (χ1v) is 16.4. The third-order valence-corrected chi connectivity index (χ3v) is 10.1. The van der Waals surface area contributed by atoms with Crippen LogP contribution >= 0.6 is 0 Å². The smallest absolute Gasteiger partial charge is 0.238 e. The van der Waals surface area contributed by atoms with Gasteiger partial charge in [-0.25, -0.2) is 4.90 Å². The normalized spacial score (nSPS) is 25.5. The van der Waals surface area contributed by atoms with Crippen LogP contribution in [0, 0.1) is 23.7 Å². The Hall–Kier alpha value is -2.44. The van der Waals surface area contributed by atoms with E-state index < -0.39 is 6.17 Å². The molecule has 1 aliphatic heterocycles. The summed E-state index contributed by atoms with van der Waals surface area (Å²) in [6.45, 7) is 0. The van der Waals surface area contributed by atoms with Crippen LogP contribution in [0.1, 0.15) is 128 Å². The molecule has 0 spiro atoms. The molecule has 1 atom stereocenters. The summed E-state index contributed by atoms with van der Waals surface area (Å²) in [5.74, 6) is -0.598. The fraction of sp³-hybridized carbons (Fsp3) is 0.758. The van der Waals surface area contributed by atoms with Crippen LogP contribution in [0.4, 0.5) is 0 Å². The zero-order valence-corrected chi connectivity index (χ0v) is 24.3. The predicted molar refractivity (Wildman–Crippen MR) is 154 cm³/mol. The van der Waals surface area contributed by atoms with Crippen molar-refractivity contribution in [3.63, 3.8) is 0 Å². The molecule has 0 bridgehead atoms. The van der Waals surface area contributed by atoms with Gasteiger partial charge in [0.2, 0.25) is 23.6 Å². The van der Waals surface area contributed by atoms with Gasteiger partial charge in [-0.15, -0.1) is 0 Å². The van der Waals surface area contributed by atoms with Crippen LogP contribution in [0.25, 0.3) is 0 Å². The minimum absolute atomic E-state index is 0.0950. The molecule has 4 aliphatic carbocycles. The van der Waals surface area contributed by atoms with Crippen LogP contribution in [0.3, 0.4) is 0 Å². The highest BCUT2D eigenvalue weighted by Crippen LogP contribution is 2.33. The second-order valence-corrected chi connectivity index (χ2v) is 12.9. The molecule has 4 saturated carbocycles. The Labute approximate surface area is 240 Å². The molecule has 220 valence electrons.